The van der Waals surface area contributed by atoms with Crippen LogP contribution in [-0.4, -0.2) is 34.0 Å². The van der Waals surface area contributed by atoms with Gasteiger partial charge in [0.15, 0.2) is 0 Å². The number of para-hydroxylation sites is 1. The van der Waals surface area contributed by atoms with Crippen molar-refractivity contribution >= 4 is 22.5 Å². The molecular formula is C21H19N3O2. The van der Waals surface area contributed by atoms with Gasteiger partial charge < -0.3 is 19.9 Å². The fourth-order valence-electron chi connectivity index (χ4n) is 4.32. The van der Waals surface area contributed by atoms with Crippen molar-refractivity contribution in [2.24, 2.45) is 0 Å². The molecule has 1 aromatic heterocycles. The van der Waals surface area contributed by atoms with Crippen LogP contribution < -0.4 is 4.90 Å². The van der Waals surface area contributed by atoms with E-state index in [0.717, 1.165) is 34.3 Å². The van der Waals surface area contributed by atoms with E-state index in [0.29, 0.717) is 13.1 Å². The summed E-state index contributed by atoms with van der Waals surface area (Å²) in [6.07, 6.45) is 2.45. The molecule has 0 fully saturated rings. The molecule has 1 atom stereocenters. The number of benzene rings is 2. The number of aromatic hydroxyl groups is 1. The first-order chi connectivity index (χ1) is 12.7. The number of hydrogen-bond donors (Lipinski definition) is 2. The third kappa shape index (κ3) is 1.94. The van der Waals surface area contributed by atoms with Crippen LogP contribution in [0.2, 0.25) is 0 Å². The number of phenols is 1. The standard InChI is InChI=1S/C21H19N3O2/c1-2-10-23-18-6-4-3-5-15(18)21(26)24-11-9-14-16-12-13(25)7-8-17(16)22-19(14)20(23)24/h2-8,12,20,22,25H,1,9-11H2. The summed E-state index contributed by atoms with van der Waals surface area (Å²) in [5.74, 6) is 0.327. The van der Waals surface area contributed by atoms with E-state index in [1.165, 1.54) is 5.56 Å². The zero-order chi connectivity index (χ0) is 17.8. The number of amides is 1. The number of hydrogen-bond acceptors (Lipinski definition) is 3. The lowest BCUT2D eigenvalue weighted by molar-refractivity contribution is 0.0631. The average molecular weight is 345 g/mol. The summed E-state index contributed by atoms with van der Waals surface area (Å²) in [6.45, 7) is 5.20. The Morgan fingerprint density at radius 3 is 2.96 bits per heavy atom. The molecular weight excluding hydrogens is 326 g/mol. The summed E-state index contributed by atoms with van der Waals surface area (Å²) in [6, 6.07) is 13.1. The van der Waals surface area contributed by atoms with Crippen LogP contribution in [-0.2, 0) is 6.42 Å². The Hall–Kier alpha value is -3.21. The first-order valence-electron chi connectivity index (χ1n) is 8.80. The Kier molecular flexibility index (Phi) is 3.13. The number of fused-ring (bicyclic) bond motifs is 6. The minimum atomic E-state index is -0.186. The lowest BCUT2D eigenvalue weighted by Gasteiger charge is -2.47. The summed E-state index contributed by atoms with van der Waals surface area (Å²) < 4.78 is 0. The lowest BCUT2D eigenvalue weighted by atomic mass is 9.95. The topological polar surface area (TPSA) is 59.6 Å². The summed E-state index contributed by atoms with van der Waals surface area (Å²) in [5.41, 5.74) is 4.87. The number of aromatic amines is 1. The van der Waals surface area contributed by atoms with Crippen molar-refractivity contribution in [3.05, 3.63) is 71.9 Å². The maximum Gasteiger partial charge on any atom is 0.257 e. The zero-order valence-electron chi connectivity index (χ0n) is 14.3. The van der Waals surface area contributed by atoms with Crippen molar-refractivity contribution < 1.29 is 9.90 Å². The fraction of sp³-hybridized carbons (Fsp3) is 0.190. The number of nitrogens with zero attached hydrogens (tertiary/aromatic N) is 2. The van der Waals surface area contributed by atoms with E-state index in [4.69, 9.17) is 0 Å². The molecule has 0 saturated carbocycles. The molecule has 130 valence electrons. The van der Waals surface area contributed by atoms with Crippen LogP contribution in [0.3, 0.4) is 0 Å². The molecule has 0 bridgehead atoms. The van der Waals surface area contributed by atoms with E-state index >= 15 is 0 Å². The van der Waals surface area contributed by atoms with Gasteiger partial charge >= 0.3 is 0 Å². The maximum atomic E-state index is 13.1. The Morgan fingerprint density at radius 1 is 1.27 bits per heavy atom. The molecule has 2 aromatic carbocycles. The van der Waals surface area contributed by atoms with E-state index in [-0.39, 0.29) is 17.8 Å². The van der Waals surface area contributed by atoms with Crippen LogP contribution in [0.5, 0.6) is 5.75 Å². The molecule has 1 unspecified atom stereocenters. The second-order valence-electron chi connectivity index (χ2n) is 6.83. The highest BCUT2D eigenvalue weighted by Crippen LogP contribution is 2.43. The molecule has 0 saturated heterocycles. The molecule has 2 N–H and O–H groups in total. The first kappa shape index (κ1) is 15.1. The van der Waals surface area contributed by atoms with Gasteiger partial charge in [0.25, 0.3) is 5.91 Å². The zero-order valence-corrected chi connectivity index (χ0v) is 14.3. The summed E-state index contributed by atoms with van der Waals surface area (Å²) in [5, 5.41) is 10.9. The number of anilines is 1. The fourth-order valence-corrected chi connectivity index (χ4v) is 4.32. The molecule has 0 aliphatic carbocycles. The van der Waals surface area contributed by atoms with Gasteiger partial charge in [-0.15, -0.1) is 6.58 Å². The van der Waals surface area contributed by atoms with Crippen LogP contribution in [0.1, 0.15) is 27.8 Å². The molecule has 5 heteroatoms. The van der Waals surface area contributed by atoms with Gasteiger partial charge in [-0.2, -0.15) is 0 Å². The maximum absolute atomic E-state index is 13.1. The third-order valence-electron chi connectivity index (χ3n) is 5.40. The highest BCUT2D eigenvalue weighted by atomic mass is 16.3. The summed E-state index contributed by atoms with van der Waals surface area (Å²) in [7, 11) is 0. The van der Waals surface area contributed by atoms with Crippen molar-refractivity contribution in [1.82, 2.24) is 9.88 Å². The molecule has 2 aliphatic heterocycles. The van der Waals surface area contributed by atoms with Crippen LogP contribution in [0.15, 0.2) is 55.1 Å². The van der Waals surface area contributed by atoms with E-state index in [1.54, 1.807) is 12.1 Å². The highest BCUT2D eigenvalue weighted by Gasteiger charge is 2.42. The van der Waals surface area contributed by atoms with Gasteiger partial charge in [-0.1, -0.05) is 18.2 Å². The predicted octanol–water partition coefficient (Wildman–Crippen LogP) is 3.58. The largest absolute Gasteiger partial charge is 0.508 e. The number of phenolic OH excluding ortho intramolecular Hbond substituents is 1. The second kappa shape index (κ2) is 5.39. The van der Waals surface area contributed by atoms with Crippen LogP contribution in [0.4, 0.5) is 5.69 Å². The number of H-pyrrole nitrogens is 1. The number of carbonyl (C=O) groups is 1. The Morgan fingerprint density at radius 2 is 2.12 bits per heavy atom. The lowest BCUT2D eigenvalue weighted by Crippen LogP contribution is -2.52. The number of carbonyl (C=O) groups excluding carboxylic acids is 1. The van der Waals surface area contributed by atoms with Crippen LogP contribution in [0.25, 0.3) is 10.9 Å². The molecule has 3 heterocycles. The number of nitrogens with one attached hydrogen (secondary N) is 1. The van der Waals surface area contributed by atoms with Crippen LogP contribution in [0, 0.1) is 0 Å². The van der Waals surface area contributed by atoms with Crippen molar-refractivity contribution in [1.29, 1.82) is 0 Å². The highest BCUT2D eigenvalue weighted by molar-refractivity contribution is 6.02. The third-order valence-corrected chi connectivity index (χ3v) is 5.40. The molecule has 2 aliphatic rings. The minimum Gasteiger partial charge on any atom is -0.508 e. The Balaban J connectivity index is 1.75. The van der Waals surface area contributed by atoms with Gasteiger partial charge in [0.2, 0.25) is 0 Å². The van der Waals surface area contributed by atoms with Crippen molar-refractivity contribution in [3.63, 3.8) is 0 Å². The smallest absolute Gasteiger partial charge is 0.257 e. The van der Waals surface area contributed by atoms with Crippen molar-refractivity contribution in [2.45, 2.75) is 12.6 Å². The monoisotopic (exact) mass is 345 g/mol. The van der Waals surface area contributed by atoms with Gasteiger partial charge in [-0.3, -0.25) is 4.79 Å². The van der Waals surface area contributed by atoms with Crippen molar-refractivity contribution in [2.75, 3.05) is 18.0 Å². The van der Waals surface area contributed by atoms with Gasteiger partial charge in [0, 0.05) is 24.0 Å². The minimum absolute atomic E-state index is 0.0677. The molecule has 3 aromatic rings. The van der Waals surface area contributed by atoms with E-state index in [1.807, 2.05) is 41.3 Å². The SMILES string of the molecule is C=CCN1c2ccccc2C(=O)N2CCc3c([nH]c4ccc(O)cc34)C21. The molecule has 1 amide bonds. The Labute approximate surface area is 151 Å². The van der Waals surface area contributed by atoms with E-state index in [2.05, 4.69) is 16.5 Å². The quantitative estimate of drug-likeness (QED) is 0.698. The molecule has 5 rings (SSSR count). The number of aromatic nitrogens is 1. The van der Waals surface area contributed by atoms with Gasteiger partial charge in [0.05, 0.1) is 16.9 Å². The first-order valence-corrected chi connectivity index (χ1v) is 8.80. The normalized spacial score (nSPS) is 18.5. The molecule has 5 nitrogen and oxygen atoms in total. The van der Waals surface area contributed by atoms with Gasteiger partial charge in [-0.05, 0) is 42.3 Å². The van der Waals surface area contributed by atoms with E-state index in [9.17, 15) is 9.90 Å². The average Bonchev–Trinajstić information content (AvgIpc) is 3.03. The predicted molar refractivity (Wildman–Crippen MR) is 101 cm³/mol. The molecule has 0 radical (unpaired) electrons. The summed E-state index contributed by atoms with van der Waals surface area (Å²) in [4.78, 5) is 20.8. The molecule has 0 spiro atoms. The summed E-state index contributed by atoms with van der Waals surface area (Å²) >= 11 is 0. The van der Waals surface area contributed by atoms with Crippen LogP contribution >= 0.6 is 0 Å². The van der Waals surface area contributed by atoms with Gasteiger partial charge in [-0.25, -0.2) is 0 Å². The van der Waals surface area contributed by atoms with Crippen molar-refractivity contribution in [3.8, 4) is 5.75 Å². The number of rotatable bonds is 2. The van der Waals surface area contributed by atoms with Gasteiger partial charge in [0.1, 0.15) is 11.9 Å². The van der Waals surface area contributed by atoms with E-state index < -0.39 is 0 Å². The Bertz CT molecular complexity index is 1050. The molecule has 26 heavy (non-hydrogen) atoms. The second-order valence-corrected chi connectivity index (χ2v) is 6.83.